The van der Waals surface area contributed by atoms with Crippen molar-refractivity contribution in [1.82, 2.24) is 10.0 Å². The van der Waals surface area contributed by atoms with Crippen LogP contribution in [-0.2, 0) is 20.2 Å². The first-order valence-electron chi connectivity index (χ1n) is 13.1. The van der Waals surface area contributed by atoms with E-state index >= 15 is 0 Å². The molecule has 7 nitrogen and oxygen atoms in total. The number of hydrogen-bond donors (Lipinski definition) is 2. The minimum absolute atomic E-state index is 0.208. The number of aliphatic imine (C=N–C) groups is 1. The summed E-state index contributed by atoms with van der Waals surface area (Å²) in [6, 6.07) is 16.6. The number of halogens is 3. The number of piperidine rings is 1. The Kier molecular flexibility index (Phi) is 7.94. The van der Waals surface area contributed by atoms with Gasteiger partial charge in [-0.1, -0.05) is 46.9 Å². The van der Waals surface area contributed by atoms with Crippen LogP contribution in [0.1, 0.15) is 54.5 Å². The van der Waals surface area contributed by atoms with E-state index in [0.29, 0.717) is 33.8 Å². The summed E-state index contributed by atoms with van der Waals surface area (Å²) in [5.74, 6) is -0.566. The van der Waals surface area contributed by atoms with Crippen LogP contribution < -0.4 is 14.8 Å². The van der Waals surface area contributed by atoms with Crippen LogP contribution in [0, 0.1) is 6.92 Å². The molecule has 2 N–H and O–H groups in total. The van der Waals surface area contributed by atoms with Gasteiger partial charge in [0.25, 0.3) is 5.91 Å². The predicted molar refractivity (Wildman–Crippen MR) is 165 cm³/mol. The Balaban J connectivity index is 1.69. The SMILES string of the molecule is Cc1ccc(Cl)cc1[C@@H]1NCC[C@@H](c2cc(Cl)ccc2OC(C)(C)C(=O)NS(C)(=O)=O)[C@@]12C=Nc1cc(Cl)ccc12. The molecule has 0 saturated carbocycles. The number of sulfonamides is 1. The maximum atomic E-state index is 12.9. The lowest BCUT2D eigenvalue weighted by Crippen LogP contribution is -2.52. The number of aryl methyl sites for hydroxylation is 1. The highest BCUT2D eigenvalue weighted by molar-refractivity contribution is 7.89. The van der Waals surface area contributed by atoms with Crippen molar-refractivity contribution in [3.63, 3.8) is 0 Å². The van der Waals surface area contributed by atoms with Crippen LogP contribution in [0.2, 0.25) is 15.1 Å². The van der Waals surface area contributed by atoms with Crippen molar-refractivity contribution < 1.29 is 17.9 Å². The normalized spacial score (nSPS) is 22.0. The van der Waals surface area contributed by atoms with Gasteiger partial charge >= 0.3 is 0 Å². The van der Waals surface area contributed by atoms with Crippen LogP contribution in [0.3, 0.4) is 0 Å². The molecule has 11 heteroatoms. The number of nitrogens with one attached hydrogen (secondary N) is 2. The zero-order valence-corrected chi connectivity index (χ0v) is 26.0. The highest BCUT2D eigenvalue weighted by Gasteiger charge is 2.53. The predicted octanol–water partition coefficient (Wildman–Crippen LogP) is 6.66. The highest BCUT2D eigenvalue weighted by atomic mass is 35.5. The minimum Gasteiger partial charge on any atom is -0.478 e. The summed E-state index contributed by atoms with van der Waals surface area (Å²) in [5, 5.41) is 5.44. The van der Waals surface area contributed by atoms with E-state index < -0.39 is 26.9 Å². The molecule has 1 fully saturated rings. The number of benzene rings is 3. The molecule has 0 bridgehead atoms. The molecule has 3 aromatic carbocycles. The topological polar surface area (TPSA) is 96.9 Å². The quantitative estimate of drug-likeness (QED) is 0.316. The summed E-state index contributed by atoms with van der Waals surface area (Å²) in [6.45, 7) is 5.77. The minimum atomic E-state index is -3.78. The Morgan fingerprint density at radius 3 is 2.37 bits per heavy atom. The molecule has 0 aromatic heterocycles. The molecule has 216 valence electrons. The number of carbonyl (C=O) groups is 1. The van der Waals surface area contributed by atoms with Crippen molar-refractivity contribution in [1.29, 1.82) is 0 Å². The van der Waals surface area contributed by atoms with Gasteiger partial charge in [0.05, 0.1) is 17.4 Å². The Labute approximate surface area is 255 Å². The number of hydrogen-bond acceptors (Lipinski definition) is 6. The van der Waals surface area contributed by atoms with Crippen LogP contribution in [0.15, 0.2) is 59.6 Å². The van der Waals surface area contributed by atoms with E-state index in [-0.39, 0.29) is 12.0 Å². The van der Waals surface area contributed by atoms with E-state index in [4.69, 9.17) is 44.5 Å². The Morgan fingerprint density at radius 2 is 1.66 bits per heavy atom. The molecular weight excluding hydrogens is 605 g/mol. The monoisotopic (exact) mass is 633 g/mol. The number of nitrogens with zero attached hydrogens (tertiary/aromatic N) is 1. The molecule has 5 rings (SSSR count). The van der Waals surface area contributed by atoms with Gasteiger partial charge in [-0.3, -0.25) is 9.79 Å². The molecule has 3 aromatic rings. The van der Waals surface area contributed by atoms with Crippen LogP contribution >= 0.6 is 34.8 Å². The van der Waals surface area contributed by atoms with Gasteiger partial charge in [0.15, 0.2) is 5.60 Å². The van der Waals surface area contributed by atoms with Crippen molar-refractivity contribution in [2.75, 3.05) is 12.8 Å². The molecule has 2 aliphatic rings. The fraction of sp³-hybridized carbons (Fsp3) is 0.333. The van der Waals surface area contributed by atoms with E-state index in [1.54, 1.807) is 12.1 Å². The fourth-order valence-electron chi connectivity index (χ4n) is 5.91. The number of ether oxygens (including phenoxy) is 1. The second kappa shape index (κ2) is 10.9. The summed E-state index contributed by atoms with van der Waals surface area (Å²) in [4.78, 5) is 17.7. The van der Waals surface area contributed by atoms with Gasteiger partial charge < -0.3 is 10.1 Å². The maximum absolute atomic E-state index is 12.9. The van der Waals surface area contributed by atoms with E-state index in [0.717, 1.165) is 34.2 Å². The molecule has 0 radical (unpaired) electrons. The number of carbonyl (C=O) groups excluding carboxylic acids is 1. The third kappa shape index (κ3) is 5.73. The molecule has 1 amide bonds. The second-order valence-corrected chi connectivity index (χ2v) is 14.1. The Morgan fingerprint density at radius 1 is 1.02 bits per heavy atom. The zero-order chi connectivity index (χ0) is 29.7. The molecule has 41 heavy (non-hydrogen) atoms. The Hall–Kier alpha value is -2.62. The van der Waals surface area contributed by atoms with E-state index in [1.165, 1.54) is 13.8 Å². The molecule has 0 unspecified atom stereocenters. The van der Waals surface area contributed by atoms with E-state index in [9.17, 15) is 13.2 Å². The average molecular weight is 635 g/mol. The lowest BCUT2D eigenvalue weighted by molar-refractivity contribution is -0.132. The second-order valence-electron chi connectivity index (χ2n) is 11.1. The first kappa shape index (κ1) is 29.9. The van der Waals surface area contributed by atoms with Crippen LogP contribution in [0.25, 0.3) is 0 Å². The molecular formula is C30H30Cl3N3O4S. The lowest BCUT2D eigenvalue weighted by atomic mass is 9.59. The van der Waals surface area contributed by atoms with Crippen LogP contribution in [-0.4, -0.2) is 38.9 Å². The number of fused-ring (bicyclic) bond motifs is 2. The van der Waals surface area contributed by atoms with Crippen molar-refractivity contribution in [2.24, 2.45) is 4.99 Å². The molecule has 1 saturated heterocycles. The lowest BCUT2D eigenvalue weighted by Gasteiger charge is -2.48. The van der Waals surface area contributed by atoms with Gasteiger partial charge in [-0.2, -0.15) is 0 Å². The standard InChI is InChI=1S/C30H30Cl3N3O4S/c1-17-5-6-18(31)13-21(17)27-30(16-35-25-15-20(33)7-9-24(25)30)23(11-12-34-27)22-14-19(32)8-10-26(22)40-29(2,3)28(37)36-41(4,38)39/h5-10,13-16,23,27,34H,11-12H2,1-4H3,(H,36,37)/t23-,27-,30+/m0/s1. The maximum Gasteiger partial charge on any atom is 0.277 e. The van der Waals surface area contributed by atoms with Crippen molar-refractivity contribution in [3.05, 3.63) is 91.9 Å². The van der Waals surface area contributed by atoms with Crippen LogP contribution in [0.4, 0.5) is 5.69 Å². The zero-order valence-electron chi connectivity index (χ0n) is 23.0. The third-order valence-electron chi connectivity index (χ3n) is 7.77. The van der Waals surface area contributed by atoms with Crippen molar-refractivity contribution in [2.45, 2.75) is 50.2 Å². The van der Waals surface area contributed by atoms with E-state index in [1.807, 2.05) is 53.4 Å². The van der Waals surface area contributed by atoms with Gasteiger partial charge in [0.2, 0.25) is 10.0 Å². The largest absolute Gasteiger partial charge is 0.478 e. The smallest absolute Gasteiger partial charge is 0.277 e. The Bertz CT molecular complexity index is 1680. The summed E-state index contributed by atoms with van der Waals surface area (Å²) in [6.07, 6.45) is 3.59. The summed E-state index contributed by atoms with van der Waals surface area (Å²) in [7, 11) is -3.78. The van der Waals surface area contributed by atoms with Gasteiger partial charge in [-0.15, -0.1) is 0 Å². The number of rotatable bonds is 6. The number of amides is 1. The van der Waals surface area contributed by atoms with Crippen molar-refractivity contribution >= 4 is 62.6 Å². The fourth-order valence-corrected chi connectivity index (χ4v) is 7.02. The first-order valence-corrected chi connectivity index (χ1v) is 16.1. The van der Waals surface area contributed by atoms with Crippen LogP contribution in [0.5, 0.6) is 5.75 Å². The summed E-state index contributed by atoms with van der Waals surface area (Å²) >= 11 is 19.4. The summed E-state index contributed by atoms with van der Waals surface area (Å²) in [5.41, 5.74) is 2.44. The third-order valence-corrected chi connectivity index (χ3v) is 9.03. The first-order chi connectivity index (χ1) is 19.2. The molecule has 2 heterocycles. The van der Waals surface area contributed by atoms with Gasteiger partial charge in [-0.25, -0.2) is 13.1 Å². The molecule has 3 atom stereocenters. The summed E-state index contributed by atoms with van der Waals surface area (Å²) < 4.78 is 31.9. The van der Waals surface area contributed by atoms with Gasteiger partial charge in [-0.05, 0) is 92.9 Å². The van der Waals surface area contributed by atoms with E-state index in [2.05, 4.69) is 12.2 Å². The van der Waals surface area contributed by atoms with Gasteiger partial charge in [0.1, 0.15) is 5.75 Å². The van der Waals surface area contributed by atoms with Crippen molar-refractivity contribution in [3.8, 4) is 5.75 Å². The molecule has 0 aliphatic carbocycles. The van der Waals surface area contributed by atoms with Gasteiger partial charge in [0, 0.05) is 38.8 Å². The average Bonchev–Trinajstić information content (AvgIpc) is 3.24. The highest BCUT2D eigenvalue weighted by Crippen LogP contribution is 2.58. The molecule has 1 spiro atoms. The molecule has 2 aliphatic heterocycles.